The van der Waals surface area contributed by atoms with Gasteiger partial charge in [-0.15, -0.1) is 0 Å². The minimum Gasteiger partial charge on any atom is -0.358 e. The van der Waals surface area contributed by atoms with Gasteiger partial charge in [-0.3, -0.25) is 9.59 Å². The van der Waals surface area contributed by atoms with Crippen molar-refractivity contribution in [1.29, 1.82) is 0 Å². The van der Waals surface area contributed by atoms with E-state index < -0.39 is 0 Å². The summed E-state index contributed by atoms with van der Waals surface area (Å²) < 4.78 is 0. The van der Waals surface area contributed by atoms with Crippen LogP contribution < -0.4 is 10.6 Å². The zero-order valence-corrected chi connectivity index (χ0v) is 14.9. The minimum absolute atomic E-state index is 0.0376. The van der Waals surface area contributed by atoms with Crippen LogP contribution in [-0.2, 0) is 16.0 Å². The van der Waals surface area contributed by atoms with Crippen molar-refractivity contribution < 1.29 is 14.9 Å². The number of nitrogens with zero attached hydrogens (tertiary/aromatic N) is 1. The van der Waals surface area contributed by atoms with Crippen molar-refractivity contribution in [2.24, 2.45) is 5.92 Å². The number of aryl methyl sites for hydroxylation is 1. The number of benzene rings is 1. The standard InChI is InChI=1S/C18H29N3O2/c1-6-14-7-9-15(10-8-14)18(13(2)3)20-11-17(23)21(5)12-16(22)19-4/h7-10,13,18,20H,6,11-12H2,1-5H3,(H,19,22)/p+1/t18-/m1/s1. The van der Waals surface area contributed by atoms with Crippen molar-refractivity contribution in [2.75, 3.05) is 27.2 Å². The summed E-state index contributed by atoms with van der Waals surface area (Å²) in [5, 5.41) is 4.59. The summed E-state index contributed by atoms with van der Waals surface area (Å²) in [4.78, 5) is 25.0. The Morgan fingerprint density at radius 2 is 1.83 bits per heavy atom. The number of hydrogen-bond donors (Lipinski definition) is 2. The number of rotatable bonds is 8. The molecule has 0 aliphatic carbocycles. The van der Waals surface area contributed by atoms with E-state index in [1.807, 2.05) is 0 Å². The number of likely N-dealkylation sites (N-methyl/N-ethyl adjacent to an activating group) is 2. The molecule has 0 spiro atoms. The average Bonchev–Trinajstić information content (AvgIpc) is 2.54. The number of quaternary nitrogens is 1. The van der Waals surface area contributed by atoms with Gasteiger partial charge < -0.3 is 15.5 Å². The van der Waals surface area contributed by atoms with Crippen LogP contribution in [-0.4, -0.2) is 43.9 Å². The second kappa shape index (κ2) is 9.30. The molecule has 0 fully saturated rings. The number of carbonyl (C=O) groups is 2. The smallest absolute Gasteiger partial charge is 0.277 e. The summed E-state index contributed by atoms with van der Waals surface area (Å²) in [5.74, 6) is 0.223. The Labute approximate surface area is 139 Å². The van der Waals surface area contributed by atoms with E-state index in [2.05, 4.69) is 55.7 Å². The number of nitrogens with two attached hydrogens (primary N) is 1. The second-order valence-corrected chi connectivity index (χ2v) is 6.23. The van der Waals surface area contributed by atoms with Crippen LogP contribution in [0, 0.1) is 5.92 Å². The van der Waals surface area contributed by atoms with Gasteiger partial charge in [-0.25, -0.2) is 0 Å². The lowest BCUT2D eigenvalue weighted by Crippen LogP contribution is -2.88. The van der Waals surface area contributed by atoms with E-state index in [9.17, 15) is 9.59 Å². The third-order valence-corrected chi connectivity index (χ3v) is 4.12. The third kappa shape index (κ3) is 6.02. The SMILES string of the molecule is CCc1ccc([C@H]([NH2+]CC(=O)N(C)CC(=O)NC)C(C)C)cc1. The highest BCUT2D eigenvalue weighted by molar-refractivity contribution is 5.84. The summed E-state index contributed by atoms with van der Waals surface area (Å²) >= 11 is 0. The van der Waals surface area contributed by atoms with Gasteiger partial charge in [0.15, 0.2) is 6.54 Å². The lowest BCUT2D eigenvalue weighted by atomic mass is 9.95. The summed E-state index contributed by atoms with van der Waals surface area (Å²) in [6.07, 6.45) is 1.03. The van der Waals surface area contributed by atoms with Gasteiger partial charge in [0.2, 0.25) is 5.91 Å². The van der Waals surface area contributed by atoms with Gasteiger partial charge in [-0.2, -0.15) is 0 Å². The van der Waals surface area contributed by atoms with Gasteiger partial charge >= 0.3 is 0 Å². The zero-order chi connectivity index (χ0) is 17.4. The highest BCUT2D eigenvalue weighted by Gasteiger charge is 2.22. The second-order valence-electron chi connectivity index (χ2n) is 6.23. The van der Waals surface area contributed by atoms with Gasteiger partial charge in [0.1, 0.15) is 6.04 Å². The molecule has 0 heterocycles. The van der Waals surface area contributed by atoms with Crippen LogP contribution in [0.25, 0.3) is 0 Å². The monoisotopic (exact) mass is 320 g/mol. The Bertz CT molecular complexity index is 512. The van der Waals surface area contributed by atoms with Crippen LogP contribution >= 0.6 is 0 Å². The molecule has 0 saturated carbocycles. The Balaban J connectivity index is 2.65. The molecular formula is C18H30N3O2+. The molecule has 0 aliphatic rings. The van der Waals surface area contributed by atoms with E-state index in [0.29, 0.717) is 12.5 Å². The van der Waals surface area contributed by atoms with Gasteiger partial charge in [-0.1, -0.05) is 45.0 Å². The fraction of sp³-hybridized carbons (Fsp3) is 0.556. The predicted octanol–water partition coefficient (Wildman–Crippen LogP) is 0.714. The number of amides is 2. The fourth-order valence-corrected chi connectivity index (χ4v) is 2.53. The molecule has 1 aromatic rings. The minimum atomic E-state index is -0.156. The van der Waals surface area contributed by atoms with Crippen molar-refractivity contribution in [2.45, 2.75) is 33.2 Å². The molecule has 23 heavy (non-hydrogen) atoms. The first-order chi connectivity index (χ1) is 10.9. The Kier molecular flexibility index (Phi) is 7.75. The molecule has 2 amide bonds. The van der Waals surface area contributed by atoms with Gasteiger partial charge in [0, 0.05) is 25.6 Å². The lowest BCUT2D eigenvalue weighted by molar-refractivity contribution is -0.692. The molecule has 0 radical (unpaired) electrons. The van der Waals surface area contributed by atoms with E-state index in [1.54, 1.807) is 14.1 Å². The molecule has 3 N–H and O–H groups in total. The maximum Gasteiger partial charge on any atom is 0.277 e. The molecule has 1 atom stereocenters. The first-order valence-electron chi connectivity index (χ1n) is 8.25. The molecule has 5 heteroatoms. The largest absolute Gasteiger partial charge is 0.358 e. The molecule has 1 rings (SSSR count). The highest BCUT2D eigenvalue weighted by atomic mass is 16.2. The maximum atomic E-state index is 12.2. The van der Waals surface area contributed by atoms with E-state index in [-0.39, 0.29) is 24.4 Å². The van der Waals surface area contributed by atoms with Gasteiger partial charge in [0.05, 0.1) is 6.54 Å². The summed E-state index contributed by atoms with van der Waals surface area (Å²) in [5.41, 5.74) is 2.55. The molecular weight excluding hydrogens is 290 g/mol. The summed E-state index contributed by atoms with van der Waals surface area (Å²) in [6.45, 7) is 6.90. The predicted molar refractivity (Wildman–Crippen MR) is 91.9 cm³/mol. The average molecular weight is 320 g/mol. The molecule has 0 aromatic heterocycles. The van der Waals surface area contributed by atoms with Crippen molar-refractivity contribution in [1.82, 2.24) is 10.2 Å². The first-order valence-corrected chi connectivity index (χ1v) is 8.25. The van der Waals surface area contributed by atoms with Crippen molar-refractivity contribution in [3.8, 4) is 0 Å². The quantitative estimate of drug-likeness (QED) is 0.741. The fourth-order valence-electron chi connectivity index (χ4n) is 2.53. The van der Waals surface area contributed by atoms with Crippen molar-refractivity contribution >= 4 is 11.8 Å². The molecule has 0 aliphatic heterocycles. The van der Waals surface area contributed by atoms with Gasteiger partial charge in [0.25, 0.3) is 5.91 Å². The van der Waals surface area contributed by atoms with Crippen LogP contribution in [0.3, 0.4) is 0 Å². The first kappa shape index (κ1) is 19.2. The molecule has 128 valence electrons. The molecule has 1 aromatic carbocycles. The Morgan fingerprint density at radius 3 is 2.30 bits per heavy atom. The topological polar surface area (TPSA) is 66.0 Å². The Morgan fingerprint density at radius 1 is 1.22 bits per heavy atom. The maximum absolute atomic E-state index is 12.2. The van der Waals surface area contributed by atoms with Gasteiger partial charge in [-0.05, 0) is 12.0 Å². The summed E-state index contributed by atoms with van der Waals surface area (Å²) in [6, 6.07) is 8.84. The number of nitrogens with one attached hydrogen (secondary N) is 1. The molecule has 0 unspecified atom stereocenters. The van der Waals surface area contributed by atoms with Crippen LogP contribution in [0.5, 0.6) is 0 Å². The van der Waals surface area contributed by atoms with Crippen LogP contribution in [0.1, 0.15) is 37.9 Å². The molecule has 0 bridgehead atoms. The third-order valence-electron chi connectivity index (χ3n) is 4.12. The van der Waals surface area contributed by atoms with E-state index in [1.165, 1.54) is 16.0 Å². The Hall–Kier alpha value is -1.88. The highest BCUT2D eigenvalue weighted by Crippen LogP contribution is 2.18. The molecule has 0 saturated heterocycles. The lowest BCUT2D eigenvalue weighted by Gasteiger charge is -2.21. The summed E-state index contributed by atoms with van der Waals surface area (Å²) in [7, 11) is 3.23. The van der Waals surface area contributed by atoms with E-state index in [4.69, 9.17) is 0 Å². The normalized spacial score (nSPS) is 12.1. The zero-order valence-electron chi connectivity index (χ0n) is 14.9. The van der Waals surface area contributed by atoms with Crippen molar-refractivity contribution in [3.63, 3.8) is 0 Å². The number of carbonyl (C=O) groups excluding carboxylic acids is 2. The van der Waals surface area contributed by atoms with E-state index >= 15 is 0 Å². The van der Waals surface area contributed by atoms with Crippen LogP contribution in [0.2, 0.25) is 0 Å². The van der Waals surface area contributed by atoms with E-state index in [0.717, 1.165) is 6.42 Å². The van der Waals surface area contributed by atoms with Crippen LogP contribution in [0.15, 0.2) is 24.3 Å². The van der Waals surface area contributed by atoms with Crippen molar-refractivity contribution in [3.05, 3.63) is 35.4 Å². The number of hydrogen-bond acceptors (Lipinski definition) is 2. The van der Waals surface area contributed by atoms with Crippen LogP contribution in [0.4, 0.5) is 0 Å². The molecule has 5 nitrogen and oxygen atoms in total.